The highest BCUT2D eigenvalue weighted by Crippen LogP contribution is 2.42. The van der Waals surface area contributed by atoms with Gasteiger partial charge in [-0.05, 0) is 49.8 Å². The monoisotopic (exact) mass is 321 g/mol. The topological polar surface area (TPSA) is 49.8 Å². The van der Waals surface area contributed by atoms with E-state index in [-0.39, 0.29) is 29.5 Å². The van der Waals surface area contributed by atoms with Crippen LogP contribution in [0.1, 0.15) is 37.7 Å². The Kier molecular flexibility index (Phi) is 4.69. The second kappa shape index (κ2) is 6.57. The van der Waals surface area contributed by atoms with Crippen molar-refractivity contribution in [3.8, 4) is 0 Å². The van der Waals surface area contributed by atoms with Gasteiger partial charge in [-0.15, -0.1) is 0 Å². The Morgan fingerprint density at radius 2 is 2.30 bits per heavy atom. The van der Waals surface area contributed by atoms with Crippen LogP contribution in [0.5, 0.6) is 0 Å². The summed E-state index contributed by atoms with van der Waals surface area (Å²) in [6, 6.07) is 6.34. The minimum absolute atomic E-state index is 0.0451. The van der Waals surface area contributed by atoms with Crippen molar-refractivity contribution in [1.29, 1.82) is 0 Å². The Bertz CT molecular complexity index is 579. The number of nitrogens with zero attached hydrogens (tertiary/aromatic N) is 1. The van der Waals surface area contributed by atoms with E-state index < -0.39 is 0 Å². The molecule has 126 valence electrons. The first-order valence-electron chi connectivity index (χ1n) is 8.31. The number of fused-ring (bicyclic) bond motifs is 1. The van der Waals surface area contributed by atoms with Crippen LogP contribution in [0, 0.1) is 5.82 Å². The van der Waals surface area contributed by atoms with Gasteiger partial charge in [0.25, 0.3) is 0 Å². The maximum atomic E-state index is 13.2. The van der Waals surface area contributed by atoms with Crippen LogP contribution < -0.4 is 0 Å². The lowest BCUT2D eigenvalue weighted by Gasteiger charge is -2.42. The molecule has 1 aromatic carbocycles. The average Bonchev–Trinajstić information content (AvgIpc) is 2.92. The van der Waals surface area contributed by atoms with E-state index in [0.29, 0.717) is 25.8 Å². The van der Waals surface area contributed by atoms with Crippen molar-refractivity contribution in [2.75, 3.05) is 13.7 Å². The molecule has 0 bridgehead atoms. The first-order valence-corrected chi connectivity index (χ1v) is 8.31. The van der Waals surface area contributed by atoms with Crippen LogP contribution in [0.25, 0.3) is 0 Å². The molecular formula is C18H24FNO3. The molecule has 1 N–H and O–H groups in total. The number of carbonyl (C=O) groups is 1. The van der Waals surface area contributed by atoms with Crippen LogP contribution in [-0.4, -0.2) is 47.3 Å². The van der Waals surface area contributed by atoms with Crippen molar-refractivity contribution in [2.24, 2.45) is 0 Å². The Labute approximate surface area is 136 Å². The molecule has 1 amide bonds. The first-order chi connectivity index (χ1) is 11.0. The Morgan fingerprint density at radius 1 is 1.48 bits per heavy atom. The minimum Gasteiger partial charge on any atom is -0.393 e. The summed E-state index contributed by atoms with van der Waals surface area (Å²) < 4.78 is 19.0. The third-order valence-electron chi connectivity index (χ3n) is 5.40. The summed E-state index contributed by atoms with van der Waals surface area (Å²) in [6.07, 6.45) is 3.46. The zero-order valence-electron chi connectivity index (χ0n) is 13.5. The number of aliphatic hydroxyl groups is 1. The largest absolute Gasteiger partial charge is 0.393 e. The number of aryl methyl sites for hydroxylation is 1. The zero-order valence-corrected chi connectivity index (χ0v) is 13.5. The molecule has 1 saturated heterocycles. The van der Waals surface area contributed by atoms with Crippen LogP contribution in [0.2, 0.25) is 0 Å². The predicted molar refractivity (Wildman–Crippen MR) is 84.4 cm³/mol. The second-order valence-electron chi connectivity index (χ2n) is 6.68. The molecule has 23 heavy (non-hydrogen) atoms. The van der Waals surface area contributed by atoms with Crippen LogP contribution in [0.15, 0.2) is 24.3 Å². The summed E-state index contributed by atoms with van der Waals surface area (Å²) in [7, 11) is 1.70. The van der Waals surface area contributed by atoms with Crippen LogP contribution in [-0.2, 0) is 16.0 Å². The van der Waals surface area contributed by atoms with Gasteiger partial charge in [0.15, 0.2) is 0 Å². The van der Waals surface area contributed by atoms with Crippen molar-refractivity contribution in [2.45, 2.75) is 56.3 Å². The molecule has 1 aromatic rings. The minimum atomic E-state index is -0.361. The zero-order chi connectivity index (χ0) is 16.4. The van der Waals surface area contributed by atoms with Gasteiger partial charge >= 0.3 is 0 Å². The normalized spacial score (nSPS) is 30.3. The maximum Gasteiger partial charge on any atom is 0.223 e. The molecule has 1 heterocycles. The fourth-order valence-corrected chi connectivity index (χ4v) is 4.06. The number of ether oxygens (including phenoxy) is 1. The Hall–Kier alpha value is -1.46. The molecule has 5 heteroatoms. The summed E-state index contributed by atoms with van der Waals surface area (Å²) in [5, 5.41) is 9.97. The fraction of sp³-hybridized carbons (Fsp3) is 0.611. The lowest BCUT2D eigenvalue weighted by atomic mass is 9.79. The van der Waals surface area contributed by atoms with Gasteiger partial charge < -0.3 is 14.7 Å². The quantitative estimate of drug-likeness (QED) is 0.926. The van der Waals surface area contributed by atoms with E-state index >= 15 is 0 Å². The van der Waals surface area contributed by atoms with Crippen molar-refractivity contribution in [3.05, 3.63) is 35.6 Å². The maximum absolute atomic E-state index is 13.2. The molecule has 1 aliphatic heterocycles. The van der Waals surface area contributed by atoms with Gasteiger partial charge in [-0.2, -0.15) is 0 Å². The SMILES string of the molecule is CO[C@@]12CC[C@@H](O)C[C@@H]1N(C(=O)CCc1cccc(F)c1)CC2. The third kappa shape index (κ3) is 3.26. The summed E-state index contributed by atoms with van der Waals surface area (Å²) >= 11 is 0. The summed E-state index contributed by atoms with van der Waals surface area (Å²) in [4.78, 5) is 14.5. The van der Waals surface area contributed by atoms with E-state index in [9.17, 15) is 14.3 Å². The lowest BCUT2D eigenvalue weighted by molar-refractivity contribution is -0.139. The van der Waals surface area contributed by atoms with Crippen molar-refractivity contribution >= 4 is 5.91 Å². The third-order valence-corrected chi connectivity index (χ3v) is 5.40. The van der Waals surface area contributed by atoms with Crippen molar-refractivity contribution in [1.82, 2.24) is 4.90 Å². The van der Waals surface area contributed by atoms with Gasteiger partial charge in [-0.1, -0.05) is 12.1 Å². The van der Waals surface area contributed by atoms with E-state index in [1.165, 1.54) is 12.1 Å². The van der Waals surface area contributed by atoms with Crippen LogP contribution in [0.4, 0.5) is 4.39 Å². The number of hydrogen-bond acceptors (Lipinski definition) is 3. The number of methoxy groups -OCH3 is 1. The number of carbonyl (C=O) groups excluding carboxylic acids is 1. The number of likely N-dealkylation sites (tertiary alicyclic amines) is 1. The number of rotatable bonds is 4. The van der Waals surface area contributed by atoms with Gasteiger partial charge in [0.2, 0.25) is 5.91 Å². The smallest absolute Gasteiger partial charge is 0.223 e. The highest BCUT2D eigenvalue weighted by molar-refractivity contribution is 5.77. The molecule has 0 spiro atoms. The number of halogens is 1. The summed E-state index contributed by atoms with van der Waals surface area (Å²) in [5.41, 5.74) is 0.535. The molecule has 1 saturated carbocycles. The number of aliphatic hydroxyl groups excluding tert-OH is 1. The van der Waals surface area contributed by atoms with Crippen molar-refractivity contribution < 1.29 is 19.0 Å². The highest BCUT2D eigenvalue weighted by Gasteiger charge is 2.52. The molecule has 2 aliphatic rings. The number of hydrogen-bond donors (Lipinski definition) is 1. The van der Waals surface area contributed by atoms with E-state index in [0.717, 1.165) is 24.8 Å². The molecular weight excluding hydrogens is 297 g/mol. The molecule has 0 unspecified atom stereocenters. The van der Waals surface area contributed by atoms with E-state index in [4.69, 9.17) is 4.74 Å². The molecule has 3 rings (SSSR count). The first kappa shape index (κ1) is 16.4. The second-order valence-corrected chi connectivity index (χ2v) is 6.68. The van der Waals surface area contributed by atoms with E-state index in [2.05, 4.69) is 0 Å². The van der Waals surface area contributed by atoms with Gasteiger partial charge in [-0.3, -0.25) is 4.79 Å². The van der Waals surface area contributed by atoms with Gasteiger partial charge in [0.05, 0.1) is 17.7 Å². The molecule has 4 nitrogen and oxygen atoms in total. The summed E-state index contributed by atoms with van der Waals surface area (Å²) in [6.45, 7) is 0.674. The van der Waals surface area contributed by atoms with Gasteiger partial charge in [0, 0.05) is 20.1 Å². The molecule has 1 aliphatic carbocycles. The predicted octanol–water partition coefficient (Wildman–Crippen LogP) is 2.29. The Morgan fingerprint density at radius 3 is 3.04 bits per heavy atom. The number of benzene rings is 1. The van der Waals surface area contributed by atoms with Crippen LogP contribution in [0.3, 0.4) is 0 Å². The van der Waals surface area contributed by atoms with E-state index in [1.807, 2.05) is 11.0 Å². The molecule has 3 atom stereocenters. The molecule has 0 radical (unpaired) electrons. The van der Waals surface area contributed by atoms with Crippen LogP contribution >= 0.6 is 0 Å². The van der Waals surface area contributed by atoms with Gasteiger partial charge in [-0.25, -0.2) is 4.39 Å². The summed E-state index contributed by atoms with van der Waals surface area (Å²) in [5.74, 6) is -0.211. The Balaban J connectivity index is 1.65. The molecule has 0 aromatic heterocycles. The standard InChI is InChI=1S/C18H24FNO3/c1-23-18-8-7-15(21)12-16(18)20(10-9-18)17(22)6-5-13-3-2-4-14(19)11-13/h2-4,11,15-16,21H,5-10,12H2,1H3/t15-,16+,18-/m1/s1. The van der Waals surface area contributed by atoms with Crippen molar-refractivity contribution in [3.63, 3.8) is 0 Å². The van der Waals surface area contributed by atoms with Gasteiger partial charge in [0.1, 0.15) is 5.82 Å². The lowest BCUT2D eigenvalue weighted by Crippen LogP contribution is -2.52. The van der Waals surface area contributed by atoms with E-state index in [1.54, 1.807) is 13.2 Å². The fourth-order valence-electron chi connectivity index (χ4n) is 4.06. The number of amides is 1. The highest BCUT2D eigenvalue weighted by atomic mass is 19.1. The molecule has 2 fully saturated rings. The average molecular weight is 321 g/mol.